The van der Waals surface area contributed by atoms with Gasteiger partial charge in [0.05, 0.1) is 28.2 Å². The van der Waals surface area contributed by atoms with Crippen LogP contribution < -0.4 is 10.6 Å². The molecule has 0 bridgehead atoms. The standard InChI is InChI=1S/C27H30N6O4/c28-19-27(20-6-2-1-3-7-20)12-16-32(17-13-27)26(35)23-9-5-4-8-22(23)25(34)30-15-14-29-24-11-10-21(18-31-24)33(36)37/h1-7,10-11,18,22-23H,8-9,12-17H2,(H,29,31)(H,30,34). The van der Waals surface area contributed by atoms with Crippen LogP contribution in [0, 0.1) is 33.3 Å². The molecule has 2 aliphatic rings. The number of benzene rings is 1. The van der Waals surface area contributed by atoms with E-state index in [0.29, 0.717) is 57.7 Å². The first-order valence-corrected chi connectivity index (χ1v) is 12.5. The summed E-state index contributed by atoms with van der Waals surface area (Å²) >= 11 is 0. The number of hydrogen-bond acceptors (Lipinski definition) is 7. The fourth-order valence-corrected chi connectivity index (χ4v) is 5.05. The Bertz CT molecular complexity index is 1180. The van der Waals surface area contributed by atoms with Crippen molar-refractivity contribution in [1.29, 1.82) is 5.26 Å². The third-order valence-corrected chi connectivity index (χ3v) is 7.24. The molecule has 2 heterocycles. The summed E-state index contributed by atoms with van der Waals surface area (Å²) in [7, 11) is 0. The van der Waals surface area contributed by atoms with Crippen LogP contribution in [-0.2, 0) is 15.0 Å². The monoisotopic (exact) mass is 502 g/mol. The molecule has 2 amide bonds. The maximum atomic E-state index is 13.5. The van der Waals surface area contributed by atoms with E-state index in [1.54, 1.807) is 0 Å². The topological polar surface area (TPSA) is 141 Å². The van der Waals surface area contributed by atoms with Crippen LogP contribution in [0.5, 0.6) is 0 Å². The first-order chi connectivity index (χ1) is 17.9. The number of amides is 2. The Balaban J connectivity index is 1.29. The Kier molecular flexibility index (Phi) is 8.13. The molecule has 1 aromatic carbocycles. The van der Waals surface area contributed by atoms with Gasteiger partial charge in [-0.15, -0.1) is 0 Å². The first-order valence-electron chi connectivity index (χ1n) is 12.5. The van der Waals surface area contributed by atoms with E-state index in [-0.39, 0.29) is 17.5 Å². The van der Waals surface area contributed by atoms with Crippen molar-refractivity contribution in [1.82, 2.24) is 15.2 Å². The van der Waals surface area contributed by atoms with E-state index in [1.165, 1.54) is 18.3 Å². The zero-order valence-corrected chi connectivity index (χ0v) is 20.5. The zero-order valence-electron chi connectivity index (χ0n) is 20.5. The van der Waals surface area contributed by atoms with Gasteiger partial charge in [-0.05, 0) is 37.3 Å². The third kappa shape index (κ3) is 5.94. The number of nitrogens with one attached hydrogen (secondary N) is 2. The van der Waals surface area contributed by atoms with Crippen LogP contribution >= 0.6 is 0 Å². The van der Waals surface area contributed by atoms with Crippen molar-refractivity contribution in [3.63, 3.8) is 0 Å². The average Bonchev–Trinajstić information content (AvgIpc) is 2.95. The highest BCUT2D eigenvalue weighted by molar-refractivity contribution is 5.88. The molecular weight excluding hydrogens is 472 g/mol. The molecule has 192 valence electrons. The van der Waals surface area contributed by atoms with Crippen molar-refractivity contribution in [2.24, 2.45) is 11.8 Å². The van der Waals surface area contributed by atoms with Crippen LogP contribution in [-0.4, -0.2) is 52.8 Å². The van der Waals surface area contributed by atoms with Gasteiger partial charge >= 0.3 is 0 Å². The molecule has 4 rings (SSSR count). The molecule has 2 N–H and O–H groups in total. The number of rotatable bonds is 8. The van der Waals surface area contributed by atoms with E-state index in [2.05, 4.69) is 21.7 Å². The molecule has 37 heavy (non-hydrogen) atoms. The summed E-state index contributed by atoms with van der Waals surface area (Å²) in [6.45, 7) is 1.69. The normalized spacial score (nSPS) is 20.5. The lowest BCUT2D eigenvalue weighted by molar-refractivity contribution is -0.385. The van der Waals surface area contributed by atoms with Gasteiger partial charge in [-0.25, -0.2) is 4.98 Å². The molecule has 10 heteroatoms. The highest BCUT2D eigenvalue weighted by Crippen LogP contribution is 2.36. The Morgan fingerprint density at radius 3 is 2.41 bits per heavy atom. The van der Waals surface area contributed by atoms with Crippen LogP contribution in [0.2, 0.25) is 0 Å². The smallest absolute Gasteiger partial charge is 0.287 e. The van der Waals surface area contributed by atoms with Gasteiger partial charge in [0.1, 0.15) is 12.0 Å². The number of hydrogen-bond donors (Lipinski definition) is 2. The molecule has 1 fully saturated rings. The molecule has 2 unspecified atom stereocenters. The van der Waals surface area contributed by atoms with Gasteiger partial charge in [-0.3, -0.25) is 19.7 Å². The number of carbonyl (C=O) groups excluding carboxylic acids is 2. The van der Waals surface area contributed by atoms with E-state index in [9.17, 15) is 25.0 Å². The van der Waals surface area contributed by atoms with E-state index in [0.717, 1.165) is 5.56 Å². The van der Waals surface area contributed by atoms with Crippen LogP contribution in [0.4, 0.5) is 11.5 Å². The number of anilines is 1. The highest BCUT2D eigenvalue weighted by Gasteiger charge is 2.41. The Morgan fingerprint density at radius 2 is 1.78 bits per heavy atom. The van der Waals surface area contributed by atoms with Gasteiger partial charge in [-0.1, -0.05) is 42.5 Å². The molecule has 2 aromatic rings. The minimum absolute atomic E-state index is 0.0303. The molecule has 0 spiro atoms. The Morgan fingerprint density at radius 1 is 1.08 bits per heavy atom. The average molecular weight is 503 g/mol. The number of allylic oxidation sites excluding steroid dienone is 2. The Labute approximate surface area is 215 Å². The number of nitro groups is 1. The molecule has 10 nitrogen and oxygen atoms in total. The van der Waals surface area contributed by atoms with Gasteiger partial charge in [0.2, 0.25) is 11.8 Å². The lowest BCUT2D eigenvalue weighted by atomic mass is 9.73. The van der Waals surface area contributed by atoms with Crippen LogP contribution in [0.3, 0.4) is 0 Å². The predicted octanol–water partition coefficient (Wildman–Crippen LogP) is 3.18. The summed E-state index contributed by atoms with van der Waals surface area (Å²) in [5, 5.41) is 26.6. The number of piperidine rings is 1. The van der Waals surface area contributed by atoms with E-state index >= 15 is 0 Å². The van der Waals surface area contributed by atoms with Crippen LogP contribution in [0.25, 0.3) is 0 Å². The summed E-state index contributed by atoms with van der Waals surface area (Å²) in [6.07, 6.45) is 7.23. The SMILES string of the molecule is N#CC1(c2ccccc2)CCN(C(=O)C2CC=CCC2C(=O)NCCNc2ccc([N+](=O)[O-])cn2)CC1. The summed E-state index contributed by atoms with van der Waals surface area (Å²) < 4.78 is 0. The second-order valence-electron chi connectivity index (χ2n) is 9.42. The van der Waals surface area contributed by atoms with E-state index < -0.39 is 22.2 Å². The fraction of sp³-hybridized carbons (Fsp3) is 0.407. The van der Waals surface area contributed by atoms with Crippen molar-refractivity contribution in [3.05, 3.63) is 76.5 Å². The maximum absolute atomic E-state index is 13.5. The first kappa shape index (κ1) is 25.8. The summed E-state index contributed by atoms with van der Waals surface area (Å²) in [6, 6.07) is 15.1. The molecule has 0 saturated carbocycles. The number of pyridine rings is 1. The largest absolute Gasteiger partial charge is 0.368 e. The lowest BCUT2D eigenvalue weighted by Gasteiger charge is -2.40. The summed E-state index contributed by atoms with van der Waals surface area (Å²) in [5.41, 5.74) is 0.305. The minimum Gasteiger partial charge on any atom is -0.368 e. The molecule has 1 saturated heterocycles. The predicted molar refractivity (Wildman–Crippen MR) is 137 cm³/mol. The van der Waals surface area contributed by atoms with Gasteiger partial charge < -0.3 is 15.5 Å². The minimum atomic E-state index is -0.590. The highest BCUT2D eigenvalue weighted by atomic mass is 16.6. The second kappa shape index (κ2) is 11.6. The van der Waals surface area contributed by atoms with Gasteiger partial charge in [0.15, 0.2) is 0 Å². The second-order valence-corrected chi connectivity index (χ2v) is 9.42. The van der Waals surface area contributed by atoms with Crippen LogP contribution in [0.1, 0.15) is 31.2 Å². The molecule has 1 aromatic heterocycles. The number of nitriles is 1. The number of carbonyl (C=O) groups is 2. The molecule has 1 aliphatic heterocycles. The van der Waals surface area contributed by atoms with Crippen molar-refractivity contribution in [2.45, 2.75) is 31.1 Å². The van der Waals surface area contributed by atoms with Crippen molar-refractivity contribution < 1.29 is 14.5 Å². The molecule has 0 radical (unpaired) electrons. The van der Waals surface area contributed by atoms with Crippen LogP contribution in [0.15, 0.2) is 60.8 Å². The van der Waals surface area contributed by atoms with E-state index in [1.807, 2.05) is 47.4 Å². The molecule has 2 atom stereocenters. The number of nitrogens with zero attached hydrogens (tertiary/aromatic N) is 4. The number of aromatic nitrogens is 1. The van der Waals surface area contributed by atoms with Gasteiger partial charge in [0.25, 0.3) is 5.69 Å². The fourth-order valence-electron chi connectivity index (χ4n) is 5.05. The van der Waals surface area contributed by atoms with Gasteiger partial charge in [0, 0.05) is 32.2 Å². The van der Waals surface area contributed by atoms with Gasteiger partial charge in [-0.2, -0.15) is 5.26 Å². The maximum Gasteiger partial charge on any atom is 0.287 e. The zero-order chi connectivity index (χ0) is 26.3. The summed E-state index contributed by atoms with van der Waals surface area (Å²) in [4.78, 5) is 42.4. The summed E-state index contributed by atoms with van der Waals surface area (Å²) in [5.74, 6) is -0.610. The lowest BCUT2D eigenvalue weighted by Crippen LogP contribution is -2.50. The third-order valence-electron chi connectivity index (χ3n) is 7.24. The van der Waals surface area contributed by atoms with E-state index in [4.69, 9.17) is 0 Å². The van der Waals surface area contributed by atoms with Crippen molar-refractivity contribution >= 4 is 23.3 Å². The quantitative estimate of drug-likeness (QED) is 0.244. The molecular formula is C27H30N6O4. The number of likely N-dealkylation sites (tertiary alicyclic amines) is 1. The van der Waals surface area contributed by atoms with Crippen molar-refractivity contribution in [2.75, 3.05) is 31.5 Å². The molecule has 1 aliphatic carbocycles. The van der Waals surface area contributed by atoms with Crippen molar-refractivity contribution in [3.8, 4) is 6.07 Å². The Hall–Kier alpha value is -4.26.